The lowest BCUT2D eigenvalue weighted by atomic mass is 10.1. The van der Waals surface area contributed by atoms with Crippen LogP contribution in [0.2, 0.25) is 10.0 Å². The van der Waals surface area contributed by atoms with Crippen LogP contribution in [0.1, 0.15) is 18.9 Å². The van der Waals surface area contributed by atoms with Crippen LogP contribution in [-0.2, 0) is 6.54 Å². The first-order valence-electron chi connectivity index (χ1n) is 10.1. The molecule has 6 N–H and O–H groups in total. The topological polar surface area (TPSA) is 107 Å². The lowest BCUT2D eigenvalue weighted by Gasteiger charge is -2.32. The van der Waals surface area contributed by atoms with E-state index in [1.165, 1.54) is 12.1 Å². The Bertz CT molecular complexity index is 957. The van der Waals surface area contributed by atoms with Crippen LogP contribution in [0, 0.1) is 17.1 Å². The van der Waals surface area contributed by atoms with Crippen LogP contribution >= 0.6 is 23.2 Å². The van der Waals surface area contributed by atoms with E-state index in [4.69, 9.17) is 40.1 Å². The number of benzene rings is 1. The Labute approximate surface area is 192 Å². The molecule has 1 aromatic rings. The van der Waals surface area contributed by atoms with E-state index >= 15 is 0 Å². The quantitative estimate of drug-likeness (QED) is 0.302. The van der Waals surface area contributed by atoms with E-state index < -0.39 is 5.82 Å². The summed E-state index contributed by atoms with van der Waals surface area (Å²) in [6.07, 6.45) is 2.64. The Balaban J connectivity index is 1.83. The van der Waals surface area contributed by atoms with Crippen LogP contribution < -0.4 is 16.8 Å². The summed E-state index contributed by atoms with van der Waals surface area (Å²) in [6, 6.07) is 2.73. The molecule has 0 radical (unpaired) electrons. The average Bonchev–Trinajstić information content (AvgIpc) is 3.16. The zero-order valence-corrected chi connectivity index (χ0v) is 19.2. The van der Waals surface area contributed by atoms with Crippen molar-refractivity contribution in [2.24, 2.45) is 22.4 Å². The van der Waals surface area contributed by atoms with Crippen LogP contribution in [0.25, 0.3) is 0 Å². The van der Waals surface area contributed by atoms with Crippen LogP contribution in [0.15, 0.2) is 40.4 Å². The molecule has 1 atom stereocenters. The van der Waals surface area contributed by atoms with Gasteiger partial charge in [-0.05, 0) is 45.1 Å². The van der Waals surface area contributed by atoms with Gasteiger partial charge in [0.1, 0.15) is 17.5 Å². The number of nitrogens with zero attached hydrogens (tertiary/aromatic N) is 3. The van der Waals surface area contributed by atoms with Crippen LogP contribution in [-0.4, -0.2) is 54.6 Å². The molecule has 1 fully saturated rings. The van der Waals surface area contributed by atoms with E-state index in [9.17, 15) is 4.39 Å². The molecule has 2 aliphatic heterocycles. The molecule has 0 bridgehead atoms. The number of likely N-dealkylation sites (tertiary alicyclic amines) is 1. The third kappa shape index (κ3) is 5.50. The fourth-order valence-electron chi connectivity index (χ4n) is 3.69. The highest BCUT2D eigenvalue weighted by molar-refractivity contribution is 6.36. The molecule has 31 heavy (non-hydrogen) atoms. The largest absolute Gasteiger partial charge is 0.397 e. The second-order valence-electron chi connectivity index (χ2n) is 7.90. The van der Waals surface area contributed by atoms with E-state index in [1.807, 2.05) is 11.9 Å². The maximum atomic E-state index is 13.9. The standard InChI is InChI=1S/C21H28Cl2FN7/c1-12(29-20(26)13-5-7-30(2)10-13)17(25)9-18-21(27)28-6-8-31(18)11-14-15(22)3-4-16(24)19(14)23/h3-4,9,13,26,28H,5-8,10-11,25,27H2,1-2H3/b17-9-,26-20?,29-12+. The predicted molar refractivity (Wildman–Crippen MR) is 125 cm³/mol. The Morgan fingerprint density at radius 2 is 2.13 bits per heavy atom. The van der Waals surface area contributed by atoms with Gasteiger partial charge in [0.05, 0.1) is 22.1 Å². The second kappa shape index (κ2) is 9.89. The van der Waals surface area contributed by atoms with Gasteiger partial charge in [0, 0.05) is 42.7 Å². The third-order valence-electron chi connectivity index (χ3n) is 5.58. The van der Waals surface area contributed by atoms with Gasteiger partial charge < -0.3 is 26.6 Å². The van der Waals surface area contributed by atoms with E-state index in [0.29, 0.717) is 52.4 Å². The van der Waals surface area contributed by atoms with E-state index in [0.717, 1.165) is 19.5 Å². The number of hydrogen-bond donors (Lipinski definition) is 4. The van der Waals surface area contributed by atoms with Gasteiger partial charge in [-0.1, -0.05) is 23.2 Å². The number of halogens is 3. The lowest BCUT2D eigenvalue weighted by molar-refractivity contribution is 0.320. The zero-order chi connectivity index (χ0) is 22.7. The Hall–Kier alpha value is -2.29. The van der Waals surface area contributed by atoms with Crippen molar-refractivity contribution in [3.8, 4) is 0 Å². The normalized spacial score (nSPS) is 20.9. The number of nitrogens with two attached hydrogens (primary N) is 2. The molecule has 2 aliphatic rings. The van der Waals surface area contributed by atoms with Gasteiger partial charge in [0.15, 0.2) is 0 Å². The minimum absolute atomic E-state index is 0.00590. The van der Waals surface area contributed by atoms with Crippen molar-refractivity contribution in [1.82, 2.24) is 15.1 Å². The molecule has 1 aromatic carbocycles. The molecule has 0 amide bonds. The lowest BCUT2D eigenvalue weighted by Crippen LogP contribution is -2.41. The highest BCUT2D eigenvalue weighted by Gasteiger charge is 2.24. The fourth-order valence-corrected chi connectivity index (χ4v) is 4.18. The van der Waals surface area contributed by atoms with Crippen molar-refractivity contribution >= 4 is 34.7 Å². The van der Waals surface area contributed by atoms with Crippen molar-refractivity contribution in [2.45, 2.75) is 19.9 Å². The van der Waals surface area contributed by atoms with Gasteiger partial charge in [-0.2, -0.15) is 0 Å². The van der Waals surface area contributed by atoms with E-state index in [1.54, 1.807) is 13.0 Å². The molecule has 10 heteroatoms. The molecule has 3 rings (SSSR count). The highest BCUT2D eigenvalue weighted by atomic mass is 35.5. The maximum Gasteiger partial charge on any atom is 0.142 e. The summed E-state index contributed by atoms with van der Waals surface area (Å²) in [5.74, 6) is 0.362. The van der Waals surface area contributed by atoms with Gasteiger partial charge in [-0.25, -0.2) is 9.38 Å². The fraction of sp³-hybridized carbons (Fsp3) is 0.429. The number of rotatable bonds is 5. The summed E-state index contributed by atoms with van der Waals surface area (Å²) in [4.78, 5) is 8.54. The molecular weight excluding hydrogens is 440 g/mol. The molecule has 7 nitrogen and oxygen atoms in total. The van der Waals surface area contributed by atoms with Crippen LogP contribution in [0.5, 0.6) is 0 Å². The Morgan fingerprint density at radius 1 is 1.39 bits per heavy atom. The number of aliphatic imine (C=N–C) groups is 1. The van der Waals surface area contributed by atoms with Gasteiger partial charge in [0.2, 0.25) is 0 Å². The predicted octanol–water partition coefficient (Wildman–Crippen LogP) is 2.90. The summed E-state index contributed by atoms with van der Waals surface area (Å²) >= 11 is 12.4. The molecular formula is C21H28Cl2FN7. The molecule has 0 aliphatic carbocycles. The Morgan fingerprint density at radius 3 is 2.81 bits per heavy atom. The first-order chi connectivity index (χ1) is 14.7. The van der Waals surface area contributed by atoms with Crippen molar-refractivity contribution in [1.29, 1.82) is 5.41 Å². The number of allylic oxidation sites excluding steroid dienone is 2. The number of hydrogen-bond acceptors (Lipinski definition) is 6. The minimum atomic E-state index is -0.524. The van der Waals surface area contributed by atoms with Crippen molar-refractivity contribution in [2.75, 3.05) is 33.2 Å². The molecule has 2 heterocycles. The monoisotopic (exact) mass is 467 g/mol. The van der Waals surface area contributed by atoms with E-state index in [-0.39, 0.29) is 17.5 Å². The highest BCUT2D eigenvalue weighted by Crippen LogP contribution is 2.30. The van der Waals surface area contributed by atoms with Crippen LogP contribution in [0.3, 0.4) is 0 Å². The molecule has 1 saturated heterocycles. The summed E-state index contributed by atoms with van der Waals surface area (Å²) in [5.41, 5.74) is 14.6. The number of nitrogens with one attached hydrogen (secondary N) is 2. The first-order valence-corrected chi connectivity index (χ1v) is 10.8. The average molecular weight is 468 g/mol. The Kier molecular flexibility index (Phi) is 7.46. The smallest absolute Gasteiger partial charge is 0.142 e. The van der Waals surface area contributed by atoms with Crippen molar-refractivity contribution in [3.05, 3.63) is 56.8 Å². The first kappa shape index (κ1) is 23.4. The summed E-state index contributed by atoms with van der Waals surface area (Å²) in [7, 11) is 2.04. The molecule has 0 saturated carbocycles. The summed E-state index contributed by atoms with van der Waals surface area (Å²) in [6.45, 7) is 5.05. The third-order valence-corrected chi connectivity index (χ3v) is 6.34. The minimum Gasteiger partial charge on any atom is -0.397 e. The van der Waals surface area contributed by atoms with Crippen molar-refractivity contribution < 1.29 is 4.39 Å². The molecule has 1 unspecified atom stereocenters. The maximum absolute atomic E-state index is 13.9. The molecule has 0 aromatic heterocycles. The van der Waals surface area contributed by atoms with Gasteiger partial charge >= 0.3 is 0 Å². The SMILES string of the molecule is CC(=N\C(=N)C1CCN(C)C1)/C(N)=C/C1=C(N)NCCN1Cc1c(Cl)ccc(F)c1Cl. The van der Waals surface area contributed by atoms with E-state index in [2.05, 4.69) is 15.2 Å². The van der Waals surface area contributed by atoms with Crippen molar-refractivity contribution in [3.63, 3.8) is 0 Å². The summed E-state index contributed by atoms with van der Waals surface area (Å²) in [5, 5.41) is 11.8. The number of amidine groups is 1. The van der Waals surface area contributed by atoms with Crippen LogP contribution in [0.4, 0.5) is 4.39 Å². The second-order valence-corrected chi connectivity index (χ2v) is 8.68. The van der Waals surface area contributed by atoms with Gasteiger partial charge in [0.25, 0.3) is 0 Å². The zero-order valence-electron chi connectivity index (χ0n) is 17.7. The molecule has 168 valence electrons. The van der Waals surface area contributed by atoms with Gasteiger partial charge in [-0.3, -0.25) is 5.41 Å². The van der Waals surface area contributed by atoms with Gasteiger partial charge in [-0.15, -0.1) is 0 Å². The summed E-state index contributed by atoms with van der Waals surface area (Å²) < 4.78 is 13.9. The molecule has 0 spiro atoms.